The van der Waals surface area contributed by atoms with E-state index in [1.807, 2.05) is 4.90 Å². The number of aryl methyl sites for hydroxylation is 1. The fraction of sp³-hybridized carbons (Fsp3) is 0.647. The normalized spacial score (nSPS) is 20.8. The molecule has 0 aromatic carbocycles. The topological polar surface area (TPSA) is 75.9 Å². The van der Waals surface area contributed by atoms with Crippen molar-refractivity contribution in [2.75, 3.05) is 18.4 Å². The summed E-state index contributed by atoms with van der Waals surface area (Å²) in [4.78, 5) is 26.7. The molecule has 3 heterocycles. The Morgan fingerprint density at radius 1 is 1.35 bits per heavy atom. The average Bonchev–Trinajstić information content (AvgIpc) is 3.18. The highest BCUT2D eigenvalue weighted by Gasteiger charge is 2.34. The SMILES string of the molecule is CCn1c(C(F)F)nc2c(NC3CCN(C(=O)C4CCC4)C3)ncnc21. The number of imidazole rings is 1. The van der Waals surface area contributed by atoms with Gasteiger partial charge >= 0.3 is 0 Å². The molecular weight excluding hydrogens is 342 g/mol. The number of alkyl halides is 2. The number of aromatic nitrogens is 4. The molecule has 1 saturated carbocycles. The van der Waals surface area contributed by atoms with Gasteiger partial charge in [0, 0.05) is 31.6 Å². The minimum absolute atomic E-state index is 0.0407. The Bertz CT molecular complexity index is 819. The lowest BCUT2D eigenvalue weighted by Crippen LogP contribution is -2.38. The molecule has 0 radical (unpaired) electrons. The maximum atomic E-state index is 13.2. The van der Waals surface area contributed by atoms with Crippen molar-refractivity contribution in [2.45, 2.75) is 51.6 Å². The van der Waals surface area contributed by atoms with Crippen molar-refractivity contribution < 1.29 is 13.6 Å². The predicted molar refractivity (Wildman–Crippen MR) is 91.9 cm³/mol. The molecule has 1 aliphatic carbocycles. The van der Waals surface area contributed by atoms with Gasteiger partial charge in [-0.05, 0) is 26.2 Å². The number of fused-ring (bicyclic) bond motifs is 1. The molecule has 140 valence electrons. The maximum absolute atomic E-state index is 13.2. The van der Waals surface area contributed by atoms with Crippen LogP contribution in [0.25, 0.3) is 11.2 Å². The highest BCUT2D eigenvalue weighted by Crippen LogP contribution is 2.30. The van der Waals surface area contributed by atoms with E-state index in [4.69, 9.17) is 0 Å². The smallest absolute Gasteiger partial charge is 0.295 e. The molecule has 2 fully saturated rings. The summed E-state index contributed by atoms with van der Waals surface area (Å²) in [5, 5.41) is 3.28. The molecule has 0 spiro atoms. The van der Waals surface area contributed by atoms with E-state index in [-0.39, 0.29) is 23.7 Å². The highest BCUT2D eigenvalue weighted by atomic mass is 19.3. The van der Waals surface area contributed by atoms with Crippen LogP contribution in [0.15, 0.2) is 6.33 Å². The number of amides is 1. The molecule has 1 aliphatic heterocycles. The summed E-state index contributed by atoms with van der Waals surface area (Å²) >= 11 is 0. The van der Waals surface area contributed by atoms with Crippen molar-refractivity contribution in [3.05, 3.63) is 12.2 Å². The van der Waals surface area contributed by atoms with E-state index in [0.717, 1.165) is 25.7 Å². The number of anilines is 1. The fourth-order valence-electron chi connectivity index (χ4n) is 3.72. The van der Waals surface area contributed by atoms with Crippen LogP contribution >= 0.6 is 0 Å². The largest absolute Gasteiger partial charge is 0.364 e. The number of nitrogens with zero attached hydrogens (tertiary/aromatic N) is 5. The first-order valence-electron chi connectivity index (χ1n) is 9.13. The third kappa shape index (κ3) is 2.89. The number of carbonyl (C=O) groups excluding carboxylic acids is 1. The molecule has 1 saturated heterocycles. The van der Waals surface area contributed by atoms with Gasteiger partial charge in [0.2, 0.25) is 5.91 Å². The van der Waals surface area contributed by atoms with Crippen LogP contribution in [0.2, 0.25) is 0 Å². The summed E-state index contributed by atoms with van der Waals surface area (Å²) < 4.78 is 27.9. The minimum atomic E-state index is -2.67. The molecule has 1 atom stereocenters. The van der Waals surface area contributed by atoms with Gasteiger partial charge in [-0.25, -0.2) is 23.7 Å². The van der Waals surface area contributed by atoms with E-state index < -0.39 is 6.43 Å². The summed E-state index contributed by atoms with van der Waals surface area (Å²) in [6, 6.07) is 0.0407. The van der Waals surface area contributed by atoms with E-state index in [2.05, 4.69) is 20.3 Å². The summed E-state index contributed by atoms with van der Waals surface area (Å²) in [5.41, 5.74) is 0.758. The fourth-order valence-corrected chi connectivity index (χ4v) is 3.72. The Hall–Kier alpha value is -2.32. The number of carbonyl (C=O) groups is 1. The van der Waals surface area contributed by atoms with Gasteiger partial charge in [-0.3, -0.25) is 4.79 Å². The molecule has 1 amide bonds. The van der Waals surface area contributed by atoms with E-state index in [0.29, 0.717) is 36.6 Å². The first-order valence-corrected chi connectivity index (χ1v) is 9.13. The van der Waals surface area contributed by atoms with Crippen molar-refractivity contribution in [3.63, 3.8) is 0 Å². The third-order valence-corrected chi connectivity index (χ3v) is 5.37. The first-order chi connectivity index (χ1) is 12.6. The second-order valence-electron chi connectivity index (χ2n) is 6.95. The molecule has 1 N–H and O–H groups in total. The van der Waals surface area contributed by atoms with Crippen LogP contribution in [0, 0.1) is 5.92 Å². The van der Waals surface area contributed by atoms with Gasteiger partial charge in [-0.15, -0.1) is 0 Å². The molecule has 2 aromatic rings. The van der Waals surface area contributed by atoms with Crippen molar-refractivity contribution in [3.8, 4) is 0 Å². The van der Waals surface area contributed by atoms with Crippen LogP contribution < -0.4 is 5.32 Å². The molecule has 2 aromatic heterocycles. The van der Waals surface area contributed by atoms with Crippen LogP contribution in [0.5, 0.6) is 0 Å². The highest BCUT2D eigenvalue weighted by molar-refractivity contribution is 5.84. The summed E-state index contributed by atoms with van der Waals surface area (Å²) in [6.45, 7) is 3.47. The molecule has 1 unspecified atom stereocenters. The van der Waals surface area contributed by atoms with Crippen LogP contribution in [-0.4, -0.2) is 49.5 Å². The van der Waals surface area contributed by atoms with E-state index in [1.165, 1.54) is 10.9 Å². The summed E-state index contributed by atoms with van der Waals surface area (Å²) in [5.74, 6) is 0.586. The Morgan fingerprint density at radius 3 is 2.81 bits per heavy atom. The van der Waals surface area contributed by atoms with Crippen molar-refractivity contribution in [1.82, 2.24) is 24.4 Å². The quantitative estimate of drug-likeness (QED) is 0.883. The number of likely N-dealkylation sites (tertiary alicyclic amines) is 1. The Balaban J connectivity index is 1.53. The second-order valence-corrected chi connectivity index (χ2v) is 6.95. The van der Waals surface area contributed by atoms with Crippen LogP contribution in [0.4, 0.5) is 14.6 Å². The lowest BCUT2D eigenvalue weighted by molar-refractivity contribution is -0.137. The van der Waals surface area contributed by atoms with Gasteiger partial charge in [0.1, 0.15) is 6.33 Å². The van der Waals surface area contributed by atoms with Gasteiger partial charge in [-0.1, -0.05) is 6.42 Å². The molecule has 26 heavy (non-hydrogen) atoms. The van der Waals surface area contributed by atoms with Crippen LogP contribution in [0.1, 0.15) is 44.9 Å². The number of hydrogen-bond donors (Lipinski definition) is 1. The zero-order valence-electron chi connectivity index (χ0n) is 14.7. The number of hydrogen-bond acceptors (Lipinski definition) is 5. The molecule has 4 rings (SSSR count). The molecule has 0 bridgehead atoms. The summed E-state index contributed by atoms with van der Waals surface area (Å²) in [6.07, 6.45) is 2.62. The van der Waals surface area contributed by atoms with Gasteiger partial charge in [0.25, 0.3) is 6.43 Å². The zero-order chi connectivity index (χ0) is 18.3. The van der Waals surface area contributed by atoms with E-state index in [1.54, 1.807) is 6.92 Å². The monoisotopic (exact) mass is 364 g/mol. The second kappa shape index (κ2) is 6.77. The maximum Gasteiger partial charge on any atom is 0.295 e. The lowest BCUT2D eigenvalue weighted by atomic mass is 9.84. The number of nitrogens with one attached hydrogen (secondary N) is 1. The lowest BCUT2D eigenvalue weighted by Gasteiger charge is -2.29. The Morgan fingerprint density at radius 2 is 2.15 bits per heavy atom. The van der Waals surface area contributed by atoms with Gasteiger partial charge < -0.3 is 14.8 Å². The molecule has 9 heteroatoms. The molecule has 2 aliphatic rings. The van der Waals surface area contributed by atoms with E-state index in [9.17, 15) is 13.6 Å². The van der Waals surface area contributed by atoms with Crippen molar-refractivity contribution in [2.24, 2.45) is 5.92 Å². The molecular formula is C17H22F2N6O. The third-order valence-electron chi connectivity index (χ3n) is 5.37. The predicted octanol–water partition coefficient (Wildman–Crippen LogP) is 2.60. The molecule has 7 nitrogen and oxygen atoms in total. The van der Waals surface area contributed by atoms with Crippen molar-refractivity contribution >= 4 is 22.9 Å². The zero-order valence-corrected chi connectivity index (χ0v) is 14.7. The summed E-state index contributed by atoms with van der Waals surface area (Å²) in [7, 11) is 0. The number of halogens is 2. The van der Waals surface area contributed by atoms with Crippen LogP contribution in [0.3, 0.4) is 0 Å². The minimum Gasteiger partial charge on any atom is -0.364 e. The van der Waals surface area contributed by atoms with Gasteiger partial charge in [0.05, 0.1) is 0 Å². The van der Waals surface area contributed by atoms with Gasteiger partial charge in [-0.2, -0.15) is 0 Å². The van der Waals surface area contributed by atoms with Crippen molar-refractivity contribution in [1.29, 1.82) is 0 Å². The standard InChI is InChI=1S/C17H22F2N6O/c1-2-25-15-12(23-16(25)13(18)19)14(20-9-21-15)22-11-6-7-24(8-11)17(26)10-4-3-5-10/h9-11,13H,2-8H2,1H3,(H,20,21,22). The number of rotatable bonds is 5. The first kappa shape index (κ1) is 17.1. The Kier molecular flexibility index (Phi) is 4.46. The van der Waals surface area contributed by atoms with Gasteiger partial charge in [0.15, 0.2) is 22.8 Å². The Labute approximate surface area is 149 Å². The van der Waals surface area contributed by atoms with Crippen LogP contribution in [-0.2, 0) is 11.3 Å². The van der Waals surface area contributed by atoms with E-state index >= 15 is 0 Å². The average molecular weight is 364 g/mol.